The van der Waals surface area contributed by atoms with Gasteiger partial charge in [-0.3, -0.25) is 0 Å². The van der Waals surface area contributed by atoms with Crippen LogP contribution in [0, 0.1) is 17.2 Å². The van der Waals surface area contributed by atoms with Crippen LogP contribution < -0.4 is 10.6 Å². The Morgan fingerprint density at radius 2 is 2.33 bits per heavy atom. The van der Waals surface area contributed by atoms with Crippen molar-refractivity contribution in [3.05, 3.63) is 28.8 Å². The van der Waals surface area contributed by atoms with Crippen LogP contribution in [0.1, 0.15) is 25.3 Å². The van der Waals surface area contributed by atoms with E-state index in [0.29, 0.717) is 16.5 Å². The van der Waals surface area contributed by atoms with Crippen LogP contribution >= 0.6 is 11.6 Å². The number of hydrogen-bond donors (Lipinski definition) is 1. The minimum Gasteiger partial charge on any atom is -0.370 e. The molecule has 0 spiro atoms. The summed E-state index contributed by atoms with van der Waals surface area (Å²) in [5.41, 5.74) is 7.74. The molecule has 0 saturated carbocycles. The van der Waals surface area contributed by atoms with Gasteiger partial charge in [0.05, 0.1) is 11.3 Å². The van der Waals surface area contributed by atoms with Crippen LogP contribution in [-0.4, -0.2) is 19.1 Å². The Bertz CT molecular complexity index is 467. The van der Waals surface area contributed by atoms with Gasteiger partial charge in [-0.05, 0) is 30.5 Å². The molecule has 4 heteroatoms. The molecular formula is C14H18ClN3. The molecule has 2 rings (SSSR count). The van der Waals surface area contributed by atoms with E-state index in [0.717, 1.165) is 31.6 Å². The Morgan fingerprint density at radius 1 is 1.56 bits per heavy atom. The molecule has 1 aromatic rings. The van der Waals surface area contributed by atoms with Crippen LogP contribution in [0.4, 0.5) is 5.69 Å². The van der Waals surface area contributed by atoms with Gasteiger partial charge in [0.15, 0.2) is 0 Å². The Kier molecular flexibility index (Phi) is 4.11. The first-order valence-corrected chi connectivity index (χ1v) is 6.73. The Labute approximate surface area is 113 Å². The van der Waals surface area contributed by atoms with E-state index < -0.39 is 0 Å². The number of benzene rings is 1. The van der Waals surface area contributed by atoms with Crippen molar-refractivity contribution >= 4 is 17.3 Å². The molecule has 1 aromatic carbocycles. The minimum atomic E-state index is 0.282. The van der Waals surface area contributed by atoms with Crippen molar-refractivity contribution in [2.24, 2.45) is 11.7 Å². The van der Waals surface area contributed by atoms with E-state index in [9.17, 15) is 5.26 Å². The first-order chi connectivity index (χ1) is 8.65. The lowest BCUT2D eigenvalue weighted by molar-refractivity contribution is 0.348. The highest BCUT2D eigenvalue weighted by Crippen LogP contribution is 2.28. The van der Waals surface area contributed by atoms with E-state index in [4.69, 9.17) is 17.3 Å². The number of piperidine rings is 1. The van der Waals surface area contributed by atoms with Gasteiger partial charge in [-0.25, -0.2) is 0 Å². The van der Waals surface area contributed by atoms with Gasteiger partial charge in [-0.15, -0.1) is 0 Å². The van der Waals surface area contributed by atoms with Crippen molar-refractivity contribution in [3.63, 3.8) is 0 Å². The van der Waals surface area contributed by atoms with Gasteiger partial charge in [-0.1, -0.05) is 24.9 Å². The molecule has 0 aromatic heterocycles. The zero-order chi connectivity index (χ0) is 13.1. The van der Waals surface area contributed by atoms with Gasteiger partial charge in [-0.2, -0.15) is 5.26 Å². The Morgan fingerprint density at radius 3 is 3.00 bits per heavy atom. The first-order valence-electron chi connectivity index (χ1n) is 6.36. The molecule has 18 heavy (non-hydrogen) atoms. The van der Waals surface area contributed by atoms with Crippen molar-refractivity contribution < 1.29 is 0 Å². The maximum atomic E-state index is 9.19. The average molecular weight is 264 g/mol. The number of hydrogen-bond acceptors (Lipinski definition) is 3. The highest BCUT2D eigenvalue weighted by atomic mass is 35.5. The van der Waals surface area contributed by atoms with Crippen molar-refractivity contribution in [2.75, 3.05) is 18.0 Å². The number of nitriles is 1. The highest BCUT2D eigenvalue weighted by Gasteiger charge is 2.26. The van der Waals surface area contributed by atoms with Crippen molar-refractivity contribution in [3.8, 4) is 6.07 Å². The number of halogens is 1. The molecule has 1 fully saturated rings. The van der Waals surface area contributed by atoms with Crippen LogP contribution in [0.15, 0.2) is 18.2 Å². The minimum absolute atomic E-state index is 0.282. The predicted molar refractivity (Wildman–Crippen MR) is 74.8 cm³/mol. The van der Waals surface area contributed by atoms with E-state index in [-0.39, 0.29) is 6.04 Å². The van der Waals surface area contributed by atoms with E-state index in [1.165, 1.54) is 0 Å². The molecule has 3 nitrogen and oxygen atoms in total. The van der Waals surface area contributed by atoms with Crippen LogP contribution in [0.5, 0.6) is 0 Å². The lowest BCUT2D eigenvalue weighted by atomic mass is 9.90. The number of rotatable bonds is 2. The highest BCUT2D eigenvalue weighted by molar-refractivity contribution is 6.30. The van der Waals surface area contributed by atoms with Crippen LogP contribution in [0.25, 0.3) is 0 Å². The smallest absolute Gasteiger partial charge is 0.101 e. The number of nitrogens with zero attached hydrogens (tertiary/aromatic N) is 2. The SMILES string of the molecule is CCC1CN(c2ccc(Cl)cc2C#N)CCC1N. The van der Waals surface area contributed by atoms with Crippen LogP contribution in [0.3, 0.4) is 0 Å². The molecule has 2 N–H and O–H groups in total. The molecule has 2 atom stereocenters. The summed E-state index contributed by atoms with van der Waals surface area (Å²) in [7, 11) is 0. The predicted octanol–water partition coefficient (Wildman–Crippen LogP) is 2.78. The number of nitrogens with two attached hydrogens (primary N) is 1. The van der Waals surface area contributed by atoms with E-state index in [1.54, 1.807) is 6.07 Å². The molecule has 0 amide bonds. The van der Waals surface area contributed by atoms with Crippen molar-refractivity contribution in [2.45, 2.75) is 25.8 Å². The number of anilines is 1. The second-order valence-corrected chi connectivity index (χ2v) is 5.28. The van der Waals surface area contributed by atoms with E-state index in [2.05, 4.69) is 17.9 Å². The first kappa shape index (κ1) is 13.2. The summed E-state index contributed by atoms with van der Waals surface area (Å²) in [6.45, 7) is 4.00. The fraction of sp³-hybridized carbons (Fsp3) is 0.500. The summed E-state index contributed by atoms with van der Waals surface area (Å²) in [6.07, 6.45) is 2.05. The third-order valence-electron chi connectivity index (χ3n) is 3.74. The second-order valence-electron chi connectivity index (χ2n) is 4.84. The fourth-order valence-electron chi connectivity index (χ4n) is 2.57. The monoisotopic (exact) mass is 263 g/mol. The Balaban J connectivity index is 2.25. The average Bonchev–Trinajstić information content (AvgIpc) is 2.39. The van der Waals surface area contributed by atoms with Crippen LogP contribution in [-0.2, 0) is 0 Å². The second kappa shape index (κ2) is 5.60. The maximum Gasteiger partial charge on any atom is 0.101 e. The van der Waals surface area contributed by atoms with E-state index in [1.807, 2.05) is 12.1 Å². The van der Waals surface area contributed by atoms with Gasteiger partial charge in [0.1, 0.15) is 6.07 Å². The van der Waals surface area contributed by atoms with Crippen molar-refractivity contribution in [1.29, 1.82) is 5.26 Å². The molecule has 0 radical (unpaired) electrons. The Hall–Kier alpha value is -1.24. The molecule has 0 aliphatic carbocycles. The maximum absolute atomic E-state index is 9.19. The third-order valence-corrected chi connectivity index (χ3v) is 3.97. The zero-order valence-corrected chi connectivity index (χ0v) is 11.3. The normalized spacial score (nSPS) is 23.8. The van der Waals surface area contributed by atoms with Gasteiger partial charge < -0.3 is 10.6 Å². The summed E-state index contributed by atoms with van der Waals surface area (Å²) in [6, 6.07) is 8.01. The molecule has 1 heterocycles. The summed E-state index contributed by atoms with van der Waals surface area (Å²) in [5.74, 6) is 0.501. The van der Waals surface area contributed by atoms with Gasteiger partial charge in [0.25, 0.3) is 0 Å². The van der Waals surface area contributed by atoms with E-state index >= 15 is 0 Å². The fourth-order valence-corrected chi connectivity index (χ4v) is 2.75. The summed E-state index contributed by atoms with van der Waals surface area (Å²) >= 11 is 5.92. The standard InChI is InChI=1S/C14H18ClN3/c1-2-10-9-18(6-5-13(10)17)14-4-3-12(15)7-11(14)8-16/h3-4,7,10,13H,2,5-6,9,17H2,1H3. The molecule has 1 aliphatic rings. The molecule has 96 valence electrons. The largest absolute Gasteiger partial charge is 0.370 e. The lowest BCUT2D eigenvalue weighted by Crippen LogP contribution is -2.47. The van der Waals surface area contributed by atoms with Crippen molar-refractivity contribution in [1.82, 2.24) is 0 Å². The molecule has 0 bridgehead atoms. The lowest BCUT2D eigenvalue weighted by Gasteiger charge is -2.38. The zero-order valence-electron chi connectivity index (χ0n) is 10.6. The summed E-state index contributed by atoms with van der Waals surface area (Å²) in [5, 5.41) is 9.80. The van der Waals surface area contributed by atoms with Gasteiger partial charge >= 0.3 is 0 Å². The quantitative estimate of drug-likeness (QED) is 0.893. The summed E-state index contributed by atoms with van der Waals surface area (Å²) in [4.78, 5) is 2.26. The van der Waals surface area contributed by atoms with Gasteiger partial charge in [0.2, 0.25) is 0 Å². The van der Waals surface area contributed by atoms with Gasteiger partial charge in [0, 0.05) is 24.2 Å². The topological polar surface area (TPSA) is 53.0 Å². The molecule has 2 unspecified atom stereocenters. The molecule has 1 saturated heterocycles. The third kappa shape index (κ3) is 2.60. The molecule has 1 aliphatic heterocycles. The summed E-state index contributed by atoms with van der Waals surface area (Å²) < 4.78 is 0. The van der Waals surface area contributed by atoms with Crippen LogP contribution in [0.2, 0.25) is 5.02 Å². The molecular weight excluding hydrogens is 246 g/mol.